The molecule has 2 aromatic heterocycles. The third kappa shape index (κ3) is 3.62. The number of aryl methyl sites for hydroxylation is 1. The molecule has 0 fully saturated rings. The van der Waals surface area contributed by atoms with Crippen molar-refractivity contribution in [2.75, 3.05) is 5.32 Å². The Balaban J connectivity index is 1.49. The van der Waals surface area contributed by atoms with Gasteiger partial charge in [0.25, 0.3) is 0 Å². The number of fused-ring (bicyclic) bond motifs is 1. The number of ether oxygens (including phenoxy) is 1. The lowest BCUT2D eigenvalue weighted by atomic mass is 10.2. The molecule has 142 valence electrons. The molecule has 0 spiro atoms. The maximum absolute atomic E-state index is 12.6. The van der Waals surface area contributed by atoms with Gasteiger partial charge in [0.2, 0.25) is 0 Å². The number of nitrogens with one attached hydrogen (secondary N) is 1. The van der Waals surface area contributed by atoms with Crippen molar-refractivity contribution in [2.24, 2.45) is 7.05 Å². The van der Waals surface area contributed by atoms with Crippen LogP contribution < -0.4 is 10.1 Å². The highest BCUT2D eigenvalue weighted by Gasteiger charge is 2.30. The first-order chi connectivity index (χ1) is 13.4. The van der Waals surface area contributed by atoms with Crippen LogP contribution in [0.1, 0.15) is 5.56 Å². The molecule has 2 heterocycles. The highest BCUT2D eigenvalue weighted by molar-refractivity contribution is 5.88. The SMILES string of the molecule is Cn1ccc2ncnc(Nc3ccc(Oc4ccc(C(F)(F)F)cc4)cc3)c21. The fourth-order valence-electron chi connectivity index (χ4n) is 2.80. The molecule has 0 aliphatic rings. The van der Waals surface area contributed by atoms with Crippen LogP contribution in [0.25, 0.3) is 11.0 Å². The number of alkyl halides is 3. The van der Waals surface area contributed by atoms with E-state index in [1.165, 1.54) is 18.5 Å². The van der Waals surface area contributed by atoms with Crippen LogP contribution in [0.4, 0.5) is 24.7 Å². The van der Waals surface area contributed by atoms with Crippen LogP contribution in [0.5, 0.6) is 11.5 Å². The standard InChI is InChI=1S/C20H15F3N4O/c1-27-11-10-17-18(27)19(25-12-24-17)26-14-4-8-16(9-5-14)28-15-6-2-13(3-7-15)20(21,22)23/h2-12H,1H3,(H,24,25,26). The van der Waals surface area contributed by atoms with Gasteiger partial charge in [-0.05, 0) is 54.6 Å². The zero-order chi connectivity index (χ0) is 19.7. The molecule has 0 saturated carbocycles. The number of anilines is 2. The molecule has 4 aromatic rings. The van der Waals surface area contributed by atoms with E-state index >= 15 is 0 Å². The Bertz CT molecular complexity index is 1100. The highest BCUT2D eigenvalue weighted by Crippen LogP contribution is 2.32. The van der Waals surface area contributed by atoms with E-state index in [2.05, 4.69) is 15.3 Å². The number of aromatic nitrogens is 3. The summed E-state index contributed by atoms with van der Waals surface area (Å²) in [5.41, 5.74) is 1.80. The van der Waals surface area contributed by atoms with Gasteiger partial charge in [0, 0.05) is 18.9 Å². The second kappa shape index (κ2) is 6.88. The largest absolute Gasteiger partial charge is 0.457 e. The van der Waals surface area contributed by atoms with Gasteiger partial charge in [0.1, 0.15) is 23.3 Å². The van der Waals surface area contributed by atoms with Crippen LogP contribution in [0.15, 0.2) is 67.1 Å². The van der Waals surface area contributed by atoms with E-state index in [4.69, 9.17) is 4.74 Å². The highest BCUT2D eigenvalue weighted by atomic mass is 19.4. The maximum Gasteiger partial charge on any atom is 0.416 e. The number of hydrogen-bond donors (Lipinski definition) is 1. The first-order valence-electron chi connectivity index (χ1n) is 8.38. The van der Waals surface area contributed by atoms with Gasteiger partial charge in [-0.25, -0.2) is 9.97 Å². The van der Waals surface area contributed by atoms with Crippen molar-refractivity contribution in [3.05, 3.63) is 72.7 Å². The molecule has 28 heavy (non-hydrogen) atoms. The van der Waals surface area contributed by atoms with E-state index in [0.29, 0.717) is 17.3 Å². The number of benzene rings is 2. The minimum absolute atomic E-state index is 0.329. The lowest BCUT2D eigenvalue weighted by Crippen LogP contribution is -2.03. The number of rotatable bonds is 4. The summed E-state index contributed by atoms with van der Waals surface area (Å²) in [6.07, 6.45) is -0.963. The Morgan fingerprint density at radius 2 is 1.54 bits per heavy atom. The van der Waals surface area contributed by atoms with Crippen LogP contribution in [-0.4, -0.2) is 14.5 Å². The monoisotopic (exact) mass is 384 g/mol. The van der Waals surface area contributed by atoms with Gasteiger partial charge in [-0.2, -0.15) is 13.2 Å². The second-order valence-electron chi connectivity index (χ2n) is 6.16. The number of nitrogens with zero attached hydrogens (tertiary/aromatic N) is 3. The van der Waals surface area contributed by atoms with Gasteiger partial charge in [-0.1, -0.05) is 0 Å². The molecule has 0 unspecified atom stereocenters. The Hall–Kier alpha value is -3.55. The summed E-state index contributed by atoms with van der Waals surface area (Å²) in [5.74, 6) is 1.51. The summed E-state index contributed by atoms with van der Waals surface area (Å²) in [7, 11) is 1.91. The average Bonchev–Trinajstić information content (AvgIpc) is 3.05. The van der Waals surface area contributed by atoms with Crippen molar-refractivity contribution in [3.8, 4) is 11.5 Å². The minimum Gasteiger partial charge on any atom is -0.457 e. The lowest BCUT2D eigenvalue weighted by molar-refractivity contribution is -0.137. The predicted molar refractivity (Wildman–Crippen MR) is 99.8 cm³/mol. The normalized spacial score (nSPS) is 11.6. The molecule has 0 amide bonds. The van der Waals surface area contributed by atoms with Gasteiger partial charge in [-0.3, -0.25) is 0 Å². The van der Waals surface area contributed by atoms with E-state index in [9.17, 15) is 13.2 Å². The van der Waals surface area contributed by atoms with E-state index in [0.717, 1.165) is 28.9 Å². The fraction of sp³-hybridized carbons (Fsp3) is 0.100. The van der Waals surface area contributed by atoms with Gasteiger partial charge in [-0.15, -0.1) is 0 Å². The first-order valence-corrected chi connectivity index (χ1v) is 8.38. The summed E-state index contributed by atoms with van der Waals surface area (Å²) in [6.45, 7) is 0. The quantitative estimate of drug-likeness (QED) is 0.503. The Kier molecular flexibility index (Phi) is 4.38. The average molecular weight is 384 g/mol. The van der Waals surface area contributed by atoms with Crippen LogP contribution in [0.2, 0.25) is 0 Å². The minimum atomic E-state index is -4.36. The van der Waals surface area contributed by atoms with Crippen molar-refractivity contribution in [1.29, 1.82) is 0 Å². The Labute approximate surface area is 158 Å². The second-order valence-corrected chi connectivity index (χ2v) is 6.16. The van der Waals surface area contributed by atoms with Gasteiger partial charge in [0.15, 0.2) is 5.82 Å². The lowest BCUT2D eigenvalue weighted by Gasteiger charge is -2.11. The van der Waals surface area contributed by atoms with Crippen molar-refractivity contribution < 1.29 is 17.9 Å². The molecule has 0 aliphatic carbocycles. The molecule has 2 aromatic carbocycles. The van der Waals surface area contributed by atoms with Crippen LogP contribution in [0, 0.1) is 0 Å². The molecule has 0 bridgehead atoms. The third-order valence-corrected chi connectivity index (χ3v) is 4.19. The molecule has 0 atom stereocenters. The van der Waals surface area contributed by atoms with Crippen molar-refractivity contribution in [1.82, 2.24) is 14.5 Å². The number of hydrogen-bond acceptors (Lipinski definition) is 4. The van der Waals surface area contributed by atoms with Gasteiger partial charge >= 0.3 is 6.18 Å². The predicted octanol–water partition coefficient (Wildman–Crippen LogP) is 5.52. The van der Waals surface area contributed by atoms with Crippen molar-refractivity contribution in [3.63, 3.8) is 0 Å². The van der Waals surface area contributed by atoms with E-state index in [-0.39, 0.29) is 0 Å². The van der Waals surface area contributed by atoms with Gasteiger partial charge in [0.05, 0.1) is 11.1 Å². The summed E-state index contributed by atoms with van der Waals surface area (Å²) >= 11 is 0. The van der Waals surface area contributed by atoms with Crippen LogP contribution in [-0.2, 0) is 13.2 Å². The van der Waals surface area contributed by atoms with E-state index < -0.39 is 11.7 Å². The maximum atomic E-state index is 12.6. The Morgan fingerprint density at radius 1 is 0.893 bits per heavy atom. The van der Waals surface area contributed by atoms with E-state index in [1.54, 1.807) is 24.3 Å². The molecule has 0 saturated heterocycles. The van der Waals surface area contributed by atoms with Crippen LogP contribution >= 0.6 is 0 Å². The topological polar surface area (TPSA) is 52.0 Å². The third-order valence-electron chi connectivity index (χ3n) is 4.19. The zero-order valence-corrected chi connectivity index (χ0v) is 14.7. The summed E-state index contributed by atoms with van der Waals surface area (Å²) < 4.78 is 45.4. The van der Waals surface area contributed by atoms with Gasteiger partial charge < -0.3 is 14.6 Å². The summed E-state index contributed by atoms with van der Waals surface area (Å²) in [4.78, 5) is 8.51. The summed E-state index contributed by atoms with van der Waals surface area (Å²) in [6, 6.07) is 13.5. The molecule has 1 N–H and O–H groups in total. The molecular weight excluding hydrogens is 369 g/mol. The first kappa shape index (κ1) is 17.8. The molecule has 0 aliphatic heterocycles. The van der Waals surface area contributed by atoms with Crippen molar-refractivity contribution in [2.45, 2.75) is 6.18 Å². The molecular formula is C20H15F3N4O. The molecule has 0 radical (unpaired) electrons. The molecule has 8 heteroatoms. The van der Waals surface area contributed by atoms with Crippen molar-refractivity contribution >= 4 is 22.5 Å². The fourth-order valence-corrected chi connectivity index (χ4v) is 2.80. The molecule has 5 nitrogen and oxygen atoms in total. The Morgan fingerprint density at radius 3 is 2.18 bits per heavy atom. The van der Waals surface area contributed by atoms with Crippen LogP contribution in [0.3, 0.4) is 0 Å². The smallest absolute Gasteiger partial charge is 0.416 e. The number of halogens is 3. The summed E-state index contributed by atoms with van der Waals surface area (Å²) in [5, 5.41) is 3.24. The zero-order valence-electron chi connectivity index (χ0n) is 14.7. The molecule has 4 rings (SSSR count). The van der Waals surface area contributed by atoms with E-state index in [1.807, 2.05) is 23.9 Å².